The summed E-state index contributed by atoms with van der Waals surface area (Å²) in [6.07, 6.45) is -0.821. The Morgan fingerprint density at radius 3 is 2.76 bits per heavy atom. The van der Waals surface area contributed by atoms with E-state index in [1.807, 2.05) is 24.3 Å². The van der Waals surface area contributed by atoms with Crippen molar-refractivity contribution in [2.75, 3.05) is 12.3 Å². The highest BCUT2D eigenvalue weighted by Crippen LogP contribution is 2.22. The fraction of sp³-hybridized carbons (Fsp3) is 0.417. The minimum absolute atomic E-state index is 0.0519. The molecule has 0 aromatic heterocycles. The van der Waals surface area contributed by atoms with Gasteiger partial charge in [-0.1, -0.05) is 12.1 Å². The quantitative estimate of drug-likeness (QED) is 0.805. The number of aliphatic hydroxyl groups excluding tert-OH is 1. The third-order valence-electron chi connectivity index (χ3n) is 2.55. The highest BCUT2D eigenvalue weighted by molar-refractivity contribution is 7.99. The lowest BCUT2D eigenvalue weighted by Gasteiger charge is -2.08. The number of alkyl carbamates (subject to hydrolysis) is 1. The molecule has 2 atom stereocenters. The standard InChI is InChI=1S/C12H15NO3S/c1-8(14)9-2-4-11(5-3-9)17-7-10-6-13-12(15)16-10/h2-5,8,10,14H,6-7H2,1H3,(H,13,15). The van der Waals surface area contributed by atoms with Crippen molar-refractivity contribution in [1.29, 1.82) is 0 Å². The molecule has 0 spiro atoms. The summed E-state index contributed by atoms with van der Waals surface area (Å²) in [6, 6.07) is 7.76. The molecule has 0 saturated carbocycles. The molecular formula is C12H15NO3S. The zero-order valence-electron chi connectivity index (χ0n) is 9.55. The van der Waals surface area contributed by atoms with Crippen molar-refractivity contribution in [3.8, 4) is 0 Å². The van der Waals surface area contributed by atoms with Crippen molar-refractivity contribution in [2.45, 2.75) is 24.0 Å². The van der Waals surface area contributed by atoms with Gasteiger partial charge in [0, 0.05) is 10.6 Å². The topological polar surface area (TPSA) is 58.6 Å². The molecule has 1 aromatic rings. The summed E-state index contributed by atoms with van der Waals surface area (Å²) in [5.74, 6) is 0.743. The Bertz CT molecular complexity index is 391. The lowest BCUT2D eigenvalue weighted by Crippen LogP contribution is -2.16. The summed E-state index contributed by atoms with van der Waals surface area (Å²) in [4.78, 5) is 11.9. The number of ether oxygens (including phenoxy) is 1. The molecule has 1 saturated heterocycles. The molecule has 1 heterocycles. The summed E-state index contributed by atoms with van der Waals surface area (Å²) in [6.45, 7) is 2.32. The smallest absolute Gasteiger partial charge is 0.407 e. The van der Waals surface area contributed by atoms with Gasteiger partial charge >= 0.3 is 6.09 Å². The highest BCUT2D eigenvalue weighted by Gasteiger charge is 2.22. The number of benzene rings is 1. The minimum atomic E-state index is -0.436. The van der Waals surface area contributed by atoms with E-state index in [2.05, 4.69) is 5.32 Å². The summed E-state index contributed by atoms with van der Waals surface area (Å²) in [7, 11) is 0. The van der Waals surface area contributed by atoms with Crippen molar-refractivity contribution < 1.29 is 14.6 Å². The molecule has 1 aliphatic rings. The van der Waals surface area contributed by atoms with Gasteiger partial charge in [0.2, 0.25) is 0 Å². The van der Waals surface area contributed by atoms with Gasteiger partial charge in [0.05, 0.1) is 12.6 Å². The normalized spacial score (nSPS) is 20.8. The summed E-state index contributed by atoms with van der Waals surface area (Å²) in [5, 5.41) is 12.0. The van der Waals surface area contributed by atoms with Crippen molar-refractivity contribution in [1.82, 2.24) is 5.32 Å². The Labute approximate surface area is 104 Å². The predicted molar refractivity (Wildman–Crippen MR) is 66.1 cm³/mol. The summed E-state index contributed by atoms with van der Waals surface area (Å²) >= 11 is 1.64. The first-order chi connectivity index (χ1) is 8.15. The highest BCUT2D eigenvalue weighted by atomic mass is 32.2. The van der Waals surface area contributed by atoms with Crippen molar-refractivity contribution >= 4 is 17.9 Å². The minimum Gasteiger partial charge on any atom is -0.443 e. The molecule has 1 amide bonds. The number of rotatable bonds is 4. The predicted octanol–water partition coefficient (Wildman–Crippen LogP) is 1.94. The van der Waals surface area contributed by atoms with Crippen molar-refractivity contribution in [3.05, 3.63) is 29.8 Å². The van der Waals surface area contributed by atoms with Crippen LogP contribution in [0.25, 0.3) is 0 Å². The Hall–Kier alpha value is -1.20. The molecule has 17 heavy (non-hydrogen) atoms. The fourth-order valence-electron chi connectivity index (χ4n) is 1.56. The molecule has 2 unspecified atom stereocenters. The van der Waals surface area contributed by atoms with Gasteiger partial charge in [0.1, 0.15) is 6.10 Å². The van der Waals surface area contributed by atoms with E-state index in [-0.39, 0.29) is 12.2 Å². The van der Waals surface area contributed by atoms with Crippen molar-refractivity contribution in [2.24, 2.45) is 0 Å². The molecular weight excluding hydrogens is 238 g/mol. The van der Waals surface area contributed by atoms with E-state index >= 15 is 0 Å². The maximum Gasteiger partial charge on any atom is 0.407 e. The second-order valence-corrected chi connectivity index (χ2v) is 5.06. The van der Waals surface area contributed by atoms with Crippen LogP contribution in [0, 0.1) is 0 Å². The summed E-state index contributed by atoms with van der Waals surface area (Å²) < 4.78 is 5.03. The lowest BCUT2D eigenvalue weighted by atomic mass is 10.1. The van der Waals surface area contributed by atoms with E-state index in [1.165, 1.54) is 0 Å². The molecule has 1 aromatic carbocycles. The average Bonchev–Trinajstić information content (AvgIpc) is 2.73. The van der Waals surface area contributed by atoms with E-state index in [1.54, 1.807) is 18.7 Å². The van der Waals surface area contributed by atoms with E-state index in [0.29, 0.717) is 6.54 Å². The zero-order valence-corrected chi connectivity index (χ0v) is 10.4. The summed E-state index contributed by atoms with van der Waals surface area (Å²) in [5.41, 5.74) is 0.906. The van der Waals surface area contributed by atoms with Crippen LogP contribution in [0.15, 0.2) is 29.2 Å². The van der Waals surface area contributed by atoms with Crippen molar-refractivity contribution in [3.63, 3.8) is 0 Å². The van der Waals surface area contributed by atoms with Crippen LogP contribution in [-0.2, 0) is 4.74 Å². The second-order valence-electron chi connectivity index (χ2n) is 3.96. The molecule has 0 radical (unpaired) electrons. The number of nitrogens with one attached hydrogen (secondary N) is 1. The average molecular weight is 253 g/mol. The molecule has 0 aliphatic carbocycles. The van der Waals surface area contributed by atoms with Crippen LogP contribution in [0.5, 0.6) is 0 Å². The Balaban J connectivity index is 1.85. The van der Waals surface area contributed by atoms with E-state index in [4.69, 9.17) is 4.74 Å². The number of carbonyl (C=O) groups is 1. The zero-order chi connectivity index (χ0) is 12.3. The van der Waals surface area contributed by atoms with Crippen LogP contribution in [0.4, 0.5) is 4.79 Å². The van der Waals surface area contributed by atoms with E-state index < -0.39 is 6.10 Å². The number of aliphatic hydroxyl groups is 1. The number of thioether (sulfide) groups is 1. The Kier molecular flexibility index (Phi) is 3.91. The number of hydrogen-bond acceptors (Lipinski definition) is 4. The first-order valence-electron chi connectivity index (χ1n) is 5.50. The van der Waals surface area contributed by atoms with Gasteiger partial charge < -0.3 is 15.2 Å². The van der Waals surface area contributed by atoms with Gasteiger partial charge in [-0.05, 0) is 24.6 Å². The Morgan fingerprint density at radius 2 is 2.24 bits per heavy atom. The number of amides is 1. The molecule has 1 aliphatic heterocycles. The van der Waals surface area contributed by atoms with E-state index in [9.17, 15) is 9.90 Å². The number of carbonyl (C=O) groups excluding carboxylic acids is 1. The maximum absolute atomic E-state index is 10.8. The van der Waals surface area contributed by atoms with Gasteiger partial charge in [-0.2, -0.15) is 0 Å². The van der Waals surface area contributed by atoms with Crippen LogP contribution in [-0.4, -0.2) is 29.6 Å². The third-order valence-corrected chi connectivity index (χ3v) is 3.69. The van der Waals surface area contributed by atoms with Gasteiger partial charge in [-0.25, -0.2) is 4.79 Å². The fourth-order valence-corrected chi connectivity index (χ4v) is 2.45. The molecule has 2 rings (SSSR count). The lowest BCUT2D eigenvalue weighted by molar-refractivity contribution is 0.150. The SMILES string of the molecule is CC(O)c1ccc(SCC2CNC(=O)O2)cc1. The van der Waals surface area contributed by atoms with E-state index in [0.717, 1.165) is 16.2 Å². The largest absolute Gasteiger partial charge is 0.443 e. The molecule has 4 nitrogen and oxygen atoms in total. The first kappa shape index (κ1) is 12.3. The number of hydrogen-bond donors (Lipinski definition) is 2. The third kappa shape index (κ3) is 3.38. The van der Waals surface area contributed by atoms with Crippen LogP contribution >= 0.6 is 11.8 Å². The Morgan fingerprint density at radius 1 is 1.53 bits per heavy atom. The molecule has 1 fully saturated rings. The van der Waals surface area contributed by atoms with Gasteiger partial charge in [0.25, 0.3) is 0 Å². The van der Waals surface area contributed by atoms with Crippen LogP contribution in [0.1, 0.15) is 18.6 Å². The van der Waals surface area contributed by atoms with Crippen LogP contribution in [0.3, 0.4) is 0 Å². The first-order valence-corrected chi connectivity index (χ1v) is 6.49. The van der Waals surface area contributed by atoms with Crippen LogP contribution < -0.4 is 5.32 Å². The van der Waals surface area contributed by atoms with Crippen LogP contribution in [0.2, 0.25) is 0 Å². The molecule has 5 heteroatoms. The number of cyclic esters (lactones) is 1. The second kappa shape index (κ2) is 5.42. The maximum atomic E-state index is 10.8. The molecule has 2 N–H and O–H groups in total. The van der Waals surface area contributed by atoms with Gasteiger partial charge in [-0.3, -0.25) is 0 Å². The van der Waals surface area contributed by atoms with Gasteiger partial charge in [-0.15, -0.1) is 11.8 Å². The van der Waals surface area contributed by atoms with Gasteiger partial charge in [0.15, 0.2) is 0 Å². The molecule has 0 bridgehead atoms. The molecule has 92 valence electrons. The monoisotopic (exact) mass is 253 g/mol.